The number of imidazole rings is 1. The minimum atomic E-state index is 0. The highest BCUT2D eigenvalue weighted by atomic mass is 127. The van der Waals surface area contributed by atoms with Crippen molar-refractivity contribution in [3.63, 3.8) is 0 Å². The Balaban J connectivity index is 0.00000441. The zero-order valence-electron chi connectivity index (χ0n) is 14.2. The third-order valence-electron chi connectivity index (χ3n) is 3.77. The Morgan fingerprint density at radius 2 is 2.09 bits per heavy atom. The number of aromatic nitrogens is 2. The normalized spacial score (nSPS) is 12.6. The highest BCUT2D eigenvalue weighted by Crippen LogP contribution is 2.10. The second kappa shape index (κ2) is 13.8. The van der Waals surface area contributed by atoms with E-state index >= 15 is 0 Å². The van der Waals surface area contributed by atoms with Crippen LogP contribution in [-0.2, 0) is 6.54 Å². The molecule has 1 aromatic heterocycles. The van der Waals surface area contributed by atoms with Crippen LogP contribution in [0.1, 0.15) is 46.0 Å². The molecule has 2 N–H and O–H groups in total. The molecule has 6 heteroatoms. The summed E-state index contributed by atoms with van der Waals surface area (Å²) < 4.78 is 2.09. The molecular weight excluding hydrogens is 389 g/mol. The molecule has 1 atom stereocenters. The summed E-state index contributed by atoms with van der Waals surface area (Å²) in [5.41, 5.74) is 0. The van der Waals surface area contributed by atoms with Gasteiger partial charge in [-0.25, -0.2) is 4.98 Å². The minimum absolute atomic E-state index is 0. The summed E-state index contributed by atoms with van der Waals surface area (Å²) in [4.78, 5) is 8.33. The molecular formula is C16H32IN5. The van der Waals surface area contributed by atoms with Gasteiger partial charge in [-0.05, 0) is 18.8 Å². The maximum absolute atomic E-state index is 4.28. The van der Waals surface area contributed by atoms with Crippen LogP contribution in [0.3, 0.4) is 0 Å². The molecule has 22 heavy (non-hydrogen) atoms. The maximum atomic E-state index is 4.28. The van der Waals surface area contributed by atoms with E-state index in [9.17, 15) is 0 Å². The van der Waals surface area contributed by atoms with Gasteiger partial charge in [0.2, 0.25) is 0 Å². The lowest BCUT2D eigenvalue weighted by molar-refractivity contribution is 0.443. The molecule has 0 amide bonds. The largest absolute Gasteiger partial charge is 0.356 e. The lowest BCUT2D eigenvalue weighted by Crippen LogP contribution is -2.40. The third kappa shape index (κ3) is 9.27. The molecule has 0 bridgehead atoms. The summed E-state index contributed by atoms with van der Waals surface area (Å²) in [6.07, 6.45) is 11.8. The Labute approximate surface area is 152 Å². The molecule has 0 aliphatic heterocycles. The van der Waals surface area contributed by atoms with Gasteiger partial charge in [0.05, 0.1) is 6.33 Å². The second-order valence-corrected chi connectivity index (χ2v) is 5.45. The summed E-state index contributed by atoms with van der Waals surface area (Å²) in [5.74, 6) is 1.66. The van der Waals surface area contributed by atoms with Gasteiger partial charge in [0.1, 0.15) is 0 Å². The van der Waals surface area contributed by atoms with Gasteiger partial charge in [-0.15, -0.1) is 24.0 Å². The average molecular weight is 421 g/mol. The summed E-state index contributed by atoms with van der Waals surface area (Å²) in [6, 6.07) is 0. The van der Waals surface area contributed by atoms with Gasteiger partial charge in [0, 0.05) is 39.1 Å². The van der Waals surface area contributed by atoms with Crippen molar-refractivity contribution in [1.82, 2.24) is 20.2 Å². The topological polar surface area (TPSA) is 54.2 Å². The van der Waals surface area contributed by atoms with E-state index in [4.69, 9.17) is 0 Å². The zero-order chi connectivity index (χ0) is 15.3. The lowest BCUT2D eigenvalue weighted by Gasteiger charge is -2.18. The Morgan fingerprint density at radius 1 is 1.27 bits per heavy atom. The van der Waals surface area contributed by atoms with Crippen molar-refractivity contribution in [2.24, 2.45) is 10.9 Å². The molecule has 128 valence electrons. The van der Waals surface area contributed by atoms with Crippen molar-refractivity contribution in [2.75, 3.05) is 20.1 Å². The Hall–Kier alpha value is -0.790. The molecule has 5 nitrogen and oxygen atoms in total. The van der Waals surface area contributed by atoms with Crippen LogP contribution in [0, 0.1) is 5.92 Å². The van der Waals surface area contributed by atoms with Crippen LogP contribution in [0.5, 0.6) is 0 Å². The predicted octanol–water partition coefficient (Wildman–Crippen LogP) is 3.27. The van der Waals surface area contributed by atoms with Crippen molar-refractivity contribution in [1.29, 1.82) is 0 Å². The summed E-state index contributed by atoms with van der Waals surface area (Å²) in [6.45, 7) is 7.43. The number of nitrogens with zero attached hydrogens (tertiary/aromatic N) is 3. The van der Waals surface area contributed by atoms with E-state index in [1.807, 2.05) is 25.8 Å². The molecule has 0 radical (unpaired) electrons. The molecule has 0 aromatic carbocycles. The number of unbranched alkanes of at least 4 members (excludes halogenated alkanes) is 1. The van der Waals surface area contributed by atoms with Crippen molar-refractivity contribution in [3.8, 4) is 0 Å². The van der Waals surface area contributed by atoms with Crippen molar-refractivity contribution < 1.29 is 0 Å². The minimum Gasteiger partial charge on any atom is -0.356 e. The van der Waals surface area contributed by atoms with E-state index < -0.39 is 0 Å². The first-order chi connectivity index (χ1) is 10.3. The predicted molar refractivity (Wildman–Crippen MR) is 105 cm³/mol. The molecule has 1 heterocycles. The molecule has 1 unspecified atom stereocenters. The SMILES string of the molecule is CCCCC(CC)CNC(=NC)NCCCn1ccnc1.I. The summed E-state index contributed by atoms with van der Waals surface area (Å²) >= 11 is 0. The van der Waals surface area contributed by atoms with E-state index in [1.165, 1.54) is 25.7 Å². The number of nitrogens with one attached hydrogen (secondary N) is 2. The quantitative estimate of drug-likeness (QED) is 0.264. The standard InChI is InChI=1S/C16H31N5.HI/c1-4-6-8-15(5-2)13-20-16(17-3)19-9-7-11-21-12-10-18-14-21;/h10,12,14-15H,4-9,11,13H2,1-3H3,(H2,17,19,20);1H. The molecule has 0 fully saturated rings. The summed E-state index contributed by atoms with van der Waals surface area (Å²) in [5, 5.41) is 6.82. The van der Waals surface area contributed by atoms with E-state index in [-0.39, 0.29) is 24.0 Å². The van der Waals surface area contributed by atoms with E-state index in [0.29, 0.717) is 0 Å². The van der Waals surface area contributed by atoms with Gasteiger partial charge in [0.25, 0.3) is 0 Å². The first-order valence-electron chi connectivity index (χ1n) is 8.20. The Morgan fingerprint density at radius 3 is 2.68 bits per heavy atom. The number of guanidine groups is 1. The molecule has 0 saturated heterocycles. The fourth-order valence-corrected chi connectivity index (χ4v) is 2.29. The first-order valence-corrected chi connectivity index (χ1v) is 8.20. The van der Waals surface area contributed by atoms with E-state index in [1.54, 1.807) is 0 Å². The van der Waals surface area contributed by atoms with Gasteiger partial charge in [0.15, 0.2) is 5.96 Å². The number of halogens is 1. The number of hydrogen-bond donors (Lipinski definition) is 2. The molecule has 0 spiro atoms. The zero-order valence-corrected chi connectivity index (χ0v) is 16.5. The van der Waals surface area contributed by atoms with Gasteiger partial charge < -0.3 is 15.2 Å². The molecule has 1 aromatic rings. The van der Waals surface area contributed by atoms with Gasteiger partial charge in [-0.3, -0.25) is 4.99 Å². The average Bonchev–Trinajstić information content (AvgIpc) is 3.02. The number of hydrogen-bond acceptors (Lipinski definition) is 2. The monoisotopic (exact) mass is 421 g/mol. The van der Waals surface area contributed by atoms with Crippen LogP contribution in [0.25, 0.3) is 0 Å². The number of aryl methyl sites for hydroxylation is 1. The number of aliphatic imine (C=N–C) groups is 1. The fourth-order valence-electron chi connectivity index (χ4n) is 2.29. The van der Waals surface area contributed by atoms with Crippen molar-refractivity contribution in [2.45, 2.75) is 52.5 Å². The van der Waals surface area contributed by atoms with Crippen LogP contribution in [-0.4, -0.2) is 35.6 Å². The van der Waals surface area contributed by atoms with E-state index in [0.717, 1.165) is 37.9 Å². The van der Waals surface area contributed by atoms with Crippen LogP contribution in [0.15, 0.2) is 23.7 Å². The number of rotatable bonds is 10. The molecule has 0 saturated carbocycles. The second-order valence-electron chi connectivity index (χ2n) is 5.45. The Bertz CT molecular complexity index is 378. The van der Waals surface area contributed by atoms with Crippen LogP contribution in [0.2, 0.25) is 0 Å². The van der Waals surface area contributed by atoms with Crippen LogP contribution < -0.4 is 10.6 Å². The Kier molecular flexibility index (Phi) is 13.3. The van der Waals surface area contributed by atoms with Crippen molar-refractivity contribution >= 4 is 29.9 Å². The maximum Gasteiger partial charge on any atom is 0.190 e. The summed E-state index contributed by atoms with van der Waals surface area (Å²) in [7, 11) is 1.83. The molecule has 0 aliphatic carbocycles. The first kappa shape index (κ1) is 21.2. The van der Waals surface area contributed by atoms with Gasteiger partial charge >= 0.3 is 0 Å². The third-order valence-corrected chi connectivity index (χ3v) is 3.77. The van der Waals surface area contributed by atoms with Crippen LogP contribution in [0.4, 0.5) is 0 Å². The van der Waals surface area contributed by atoms with Crippen LogP contribution >= 0.6 is 24.0 Å². The van der Waals surface area contributed by atoms with Gasteiger partial charge in [-0.1, -0.05) is 33.1 Å². The highest BCUT2D eigenvalue weighted by molar-refractivity contribution is 14.0. The van der Waals surface area contributed by atoms with E-state index in [2.05, 4.69) is 39.0 Å². The fraction of sp³-hybridized carbons (Fsp3) is 0.750. The van der Waals surface area contributed by atoms with Crippen molar-refractivity contribution in [3.05, 3.63) is 18.7 Å². The lowest BCUT2D eigenvalue weighted by atomic mass is 9.99. The molecule has 1 rings (SSSR count). The smallest absolute Gasteiger partial charge is 0.190 e. The highest BCUT2D eigenvalue weighted by Gasteiger charge is 2.06. The van der Waals surface area contributed by atoms with Gasteiger partial charge in [-0.2, -0.15) is 0 Å². The molecule has 0 aliphatic rings.